The van der Waals surface area contributed by atoms with Crippen molar-refractivity contribution in [2.75, 3.05) is 25.1 Å². The summed E-state index contributed by atoms with van der Waals surface area (Å²) in [6.07, 6.45) is -2.61. The predicted molar refractivity (Wildman–Crippen MR) is 71.6 cm³/mol. The summed E-state index contributed by atoms with van der Waals surface area (Å²) in [4.78, 5) is 14.1. The van der Waals surface area contributed by atoms with Crippen molar-refractivity contribution in [3.63, 3.8) is 0 Å². The molecule has 20 heavy (non-hydrogen) atoms. The molecular formula is C13H19BrF3NO2. The second-order valence-corrected chi connectivity index (χ2v) is 6.10. The minimum absolute atomic E-state index is 0.0726. The van der Waals surface area contributed by atoms with E-state index in [2.05, 4.69) is 15.9 Å². The maximum Gasteiger partial charge on any atom is 0.392 e. The van der Waals surface area contributed by atoms with Gasteiger partial charge in [0.2, 0.25) is 5.91 Å². The molecule has 1 heterocycles. The third-order valence-electron chi connectivity index (χ3n) is 4.19. The second kappa shape index (κ2) is 6.64. The quantitative estimate of drug-likeness (QED) is 0.711. The molecule has 7 heteroatoms. The summed E-state index contributed by atoms with van der Waals surface area (Å²) in [7, 11) is 0. The van der Waals surface area contributed by atoms with Crippen molar-refractivity contribution in [2.24, 2.45) is 11.8 Å². The van der Waals surface area contributed by atoms with Gasteiger partial charge in [0, 0.05) is 17.8 Å². The van der Waals surface area contributed by atoms with Crippen molar-refractivity contribution in [3.8, 4) is 0 Å². The number of hydrogen-bond acceptors (Lipinski definition) is 2. The van der Waals surface area contributed by atoms with Crippen molar-refractivity contribution in [2.45, 2.75) is 37.9 Å². The van der Waals surface area contributed by atoms with Gasteiger partial charge in [0.1, 0.15) is 0 Å². The maximum atomic E-state index is 13.1. The molecule has 0 bridgehead atoms. The van der Waals surface area contributed by atoms with Gasteiger partial charge in [-0.05, 0) is 12.8 Å². The van der Waals surface area contributed by atoms with Crippen LogP contribution in [0.1, 0.15) is 25.7 Å². The van der Waals surface area contributed by atoms with E-state index in [9.17, 15) is 18.0 Å². The summed E-state index contributed by atoms with van der Waals surface area (Å²) in [5.74, 6) is -2.74. The third-order valence-corrected chi connectivity index (χ3v) is 4.94. The van der Waals surface area contributed by atoms with Gasteiger partial charge in [0.25, 0.3) is 0 Å². The van der Waals surface area contributed by atoms with Crippen LogP contribution in [0.15, 0.2) is 0 Å². The first-order chi connectivity index (χ1) is 9.45. The van der Waals surface area contributed by atoms with Gasteiger partial charge in [-0.15, -0.1) is 0 Å². The highest BCUT2D eigenvalue weighted by atomic mass is 79.9. The predicted octanol–water partition coefficient (Wildman–Crippen LogP) is 2.98. The molecule has 3 unspecified atom stereocenters. The Labute approximate surface area is 125 Å². The first-order valence-electron chi connectivity index (χ1n) is 6.96. The lowest BCUT2D eigenvalue weighted by molar-refractivity contribution is -0.202. The van der Waals surface area contributed by atoms with Gasteiger partial charge in [0.15, 0.2) is 0 Å². The lowest BCUT2D eigenvalue weighted by Gasteiger charge is -2.40. The van der Waals surface area contributed by atoms with Gasteiger partial charge in [-0.2, -0.15) is 13.2 Å². The number of hydrogen-bond donors (Lipinski definition) is 0. The van der Waals surface area contributed by atoms with E-state index in [1.54, 1.807) is 4.90 Å². The van der Waals surface area contributed by atoms with Crippen LogP contribution in [0.5, 0.6) is 0 Å². The van der Waals surface area contributed by atoms with Crippen LogP contribution in [0.3, 0.4) is 0 Å². The first-order valence-corrected chi connectivity index (χ1v) is 8.08. The third kappa shape index (κ3) is 3.47. The Bertz CT molecular complexity index is 351. The molecule has 2 aliphatic rings. The Morgan fingerprint density at radius 3 is 2.65 bits per heavy atom. The summed E-state index contributed by atoms with van der Waals surface area (Å²) >= 11 is 3.30. The first kappa shape index (κ1) is 16.1. The van der Waals surface area contributed by atoms with E-state index in [1.165, 1.54) is 0 Å². The standard InChI is InChI=1S/C13H19BrF3NO2/c14-7-9-8-20-6-5-18(9)12(19)10-3-1-2-4-11(10)13(15,16)17/h9-11H,1-8H2. The fraction of sp³-hybridized carbons (Fsp3) is 0.923. The van der Waals surface area contributed by atoms with E-state index in [1.807, 2.05) is 0 Å². The average Bonchev–Trinajstić information content (AvgIpc) is 2.45. The molecule has 3 atom stereocenters. The summed E-state index contributed by atoms with van der Waals surface area (Å²) in [6, 6.07) is -0.160. The van der Waals surface area contributed by atoms with Crippen LogP contribution < -0.4 is 0 Å². The van der Waals surface area contributed by atoms with Crippen LogP contribution >= 0.6 is 15.9 Å². The molecule has 3 nitrogen and oxygen atoms in total. The molecule has 2 rings (SSSR count). The van der Waals surface area contributed by atoms with E-state index < -0.39 is 18.0 Å². The fourth-order valence-corrected chi connectivity index (χ4v) is 3.64. The number of nitrogens with zero attached hydrogens (tertiary/aromatic N) is 1. The molecule has 0 N–H and O–H groups in total. The number of rotatable bonds is 2. The SMILES string of the molecule is O=C(C1CCCCC1C(F)(F)F)N1CCOCC1CBr. The van der Waals surface area contributed by atoms with Gasteiger partial charge in [-0.1, -0.05) is 28.8 Å². The molecule has 2 fully saturated rings. The molecule has 0 radical (unpaired) electrons. The van der Waals surface area contributed by atoms with Gasteiger partial charge in [-0.25, -0.2) is 0 Å². The van der Waals surface area contributed by atoms with Crippen LogP contribution in [0.2, 0.25) is 0 Å². The zero-order valence-electron chi connectivity index (χ0n) is 11.2. The van der Waals surface area contributed by atoms with Crippen LogP contribution in [-0.2, 0) is 9.53 Å². The summed E-state index contributed by atoms with van der Waals surface area (Å²) < 4.78 is 44.6. The van der Waals surface area contributed by atoms with Gasteiger partial charge in [0.05, 0.1) is 25.2 Å². The Morgan fingerprint density at radius 2 is 2.00 bits per heavy atom. The normalized spacial score (nSPS) is 32.2. The Kier molecular flexibility index (Phi) is 5.34. The molecule has 0 aromatic rings. The topological polar surface area (TPSA) is 29.5 Å². The van der Waals surface area contributed by atoms with E-state index in [4.69, 9.17) is 4.74 Å². The molecule has 1 amide bonds. The van der Waals surface area contributed by atoms with Crippen molar-refractivity contribution in [1.29, 1.82) is 0 Å². The van der Waals surface area contributed by atoms with Crippen molar-refractivity contribution < 1.29 is 22.7 Å². The van der Waals surface area contributed by atoms with Crippen molar-refractivity contribution in [3.05, 3.63) is 0 Å². The molecule has 1 aliphatic heterocycles. The Balaban J connectivity index is 2.12. The lowest BCUT2D eigenvalue weighted by Crippen LogP contribution is -2.54. The average molecular weight is 358 g/mol. The highest BCUT2D eigenvalue weighted by Gasteiger charge is 2.49. The minimum atomic E-state index is -4.28. The maximum absolute atomic E-state index is 13.1. The fourth-order valence-electron chi connectivity index (χ4n) is 3.10. The summed E-state index contributed by atoms with van der Waals surface area (Å²) in [5, 5.41) is 0.530. The van der Waals surface area contributed by atoms with E-state index in [-0.39, 0.29) is 18.4 Å². The van der Waals surface area contributed by atoms with E-state index in [0.717, 1.165) is 0 Å². The smallest absolute Gasteiger partial charge is 0.377 e. The molecule has 1 aliphatic carbocycles. The summed E-state index contributed by atoms with van der Waals surface area (Å²) in [5.41, 5.74) is 0. The Hall–Kier alpha value is -0.300. The van der Waals surface area contributed by atoms with Gasteiger partial charge >= 0.3 is 6.18 Å². The number of alkyl halides is 4. The van der Waals surface area contributed by atoms with E-state index in [0.29, 0.717) is 44.4 Å². The highest BCUT2D eigenvalue weighted by Crippen LogP contribution is 2.42. The molecule has 1 saturated heterocycles. The zero-order valence-corrected chi connectivity index (χ0v) is 12.8. The summed E-state index contributed by atoms with van der Waals surface area (Å²) in [6.45, 7) is 1.18. The van der Waals surface area contributed by atoms with Gasteiger partial charge < -0.3 is 9.64 Å². The lowest BCUT2D eigenvalue weighted by atomic mass is 9.77. The number of halogens is 4. The molecule has 0 aromatic carbocycles. The highest BCUT2D eigenvalue weighted by molar-refractivity contribution is 9.09. The number of amides is 1. The molecule has 116 valence electrons. The van der Waals surface area contributed by atoms with E-state index >= 15 is 0 Å². The molecule has 0 aromatic heterocycles. The van der Waals surface area contributed by atoms with Crippen molar-refractivity contribution >= 4 is 21.8 Å². The van der Waals surface area contributed by atoms with Crippen LogP contribution in [0.4, 0.5) is 13.2 Å². The van der Waals surface area contributed by atoms with Gasteiger partial charge in [-0.3, -0.25) is 4.79 Å². The number of carbonyl (C=O) groups excluding carboxylic acids is 1. The van der Waals surface area contributed by atoms with Crippen molar-refractivity contribution in [1.82, 2.24) is 4.90 Å². The molecule has 1 saturated carbocycles. The van der Waals surface area contributed by atoms with Crippen LogP contribution in [0, 0.1) is 11.8 Å². The minimum Gasteiger partial charge on any atom is -0.377 e. The second-order valence-electron chi connectivity index (χ2n) is 5.45. The zero-order chi connectivity index (χ0) is 14.8. The molecule has 0 spiro atoms. The Morgan fingerprint density at radius 1 is 1.30 bits per heavy atom. The van der Waals surface area contributed by atoms with Crippen LogP contribution in [-0.4, -0.2) is 48.1 Å². The molecular weight excluding hydrogens is 339 g/mol. The number of morpholine rings is 1. The largest absolute Gasteiger partial charge is 0.392 e. The number of ether oxygens (including phenoxy) is 1. The van der Waals surface area contributed by atoms with Crippen LogP contribution in [0.25, 0.3) is 0 Å². The monoisotopic (exact) mass is 357 g/mol. The number of carbonyl (C=O) groups is 1.